The van der Waals surface area contributed by atoms with Gasteiger partial charge in [-0.2, -0.15) is 0 Å². The maximum absolute atomic E-state index is 10.4. The smallest absolute Gasteiger partial charge is 0.141 e. The Labute approximate surface area is 182 Å². The van der Waals surface area contributed by atoms with Gasteiger partial charge in [0.2, 0.25) is 0 Å². The van der Waals surface area contributed by atoms with Crippen molar-refractivity contribution in [1.82, 2.24) is 0 Å². The maximum atomic E-state index is 10.4. The fourth-order valence-corrected chi connectivity index (χ4v) is 2.98. The van der Waals surface area contributed by atoms with Crippen LogP contribution in [0.5, 0.6) is 11.5 Å². The first kappa shape index (κ1) is 26.3. The second-order valence-corrected chi connectivity index (χ2v) is 10.5. The van der Waals surface area contributed by atoms with Gasteiger partial charge in [0.1, 0.15) is 46.7 Å². The molecule has 30 heavy (non-hydrogen) atoms. The first-order valence-electron chi connectivity index (χ1n) is 9.21. The van der Waals surface area contributed by atoms with Crippen LogP contribution in [-0.4, -0.2) is 69.4 Å². The van der Waals surface area contributed by atoms with Crippen LogP contribution in [0, 0.1) is 6.92 Å². The molecule has 0 bridgehead atoms. The fourth-order valence-electron chi connectivity index (χ4n) is 2.10. The molecule has 1 unspecified atom stereocenters. The zero-order chi connectivity index (χ0) is 22.6. The van der Waals surface area contributed by atoms with Crippen LogP contribution in [0.1, 0.15) is 5.56 Å². The molecule has 9 heteroatoms. The van der Waals surface area contributed by atoms with E-state index in [1.807, 2.05) is 31.2 Å². The van der Waals surface area contributed by atoms with E-state index in [9.17, 15) is 18.1 Å². The van der Waals surface area contributed by atoms with E-state index in [0.29, 0.717) is 16.6 Å². The van der Waals surface area contributed by atoms with E-state index in [2.05, 4.69) is 12.5 Å². The first-order valence-corrected chi connectivity index (χ1v) is 12.8. The van der Waals surface area contributed by atoms with Crippen molar-refractivity contribution in [2.75, 3.05) is 45.2 Å². The van der Waals surface area contributed by atoms with Gasteiger partial charge in [-0.1, -0.05) is 17.7 Å². The van der Waals surface area contributed by atoms with Crippen molar-refractivity contribution in [3.05, 3.63) is 54.1 Å². The molecule has 7 nitrogen and oxygen atoms in total. The summed E-state index contributed by atoms with van der Waals surface area (Å²) in [4.78, 5) is -0.178. The summed E-state index contributed by atoms with van der Waals surface area (Å²) in [6.07, 6.45) is 3.80. The zero-order valence-corrected chi connectivity index (χ0v) is 19.4. The lowest BCUT2D eigenvalue weighted by Crippen LogP contribution is -2.22. The number of ether oxygens (including phenoxy) is 3. The van der Waals surface area contributed by atoms with Crippen LogP contribution in [0.3, 0.4) is 0 Å². The number of benzene rings is 2. The maximum Gasteiger partial charge on any atom is 0.141 e. The van der Waals surface area contributed by atoms with E-state index in [-0.39, 0.29) is 18.1 Å². The number of hydrogen-bond acceptors (Lipinski definition) is 7. The standard InChI is InChI=1S/C14H23O4S.C7H8O3S/c1-16-10-12(15)11-18-14-6-4-13(5-7-14)17-8-9-19(2)3;1-6-2-4-7(5-3-6)11(8,9)10/h4-7,12,15H,8-11H2,1-3H3;2-5H,1H3,(H,8,9,10)/q+1;/p-1. The van der Waals surface area contributed by atoms with Crippen molar-refractivity contribution in [2.24, 2.45) is 0 Å². The summed E-state index contributed by atoms with van der Waals surface area (Å²) in [6.45, 7) is 3.06. The molecule has 0 amide bonds. The SMILES string of the molecule is COCC(O)COc1ccc(OCC[S+](C)C)cc1.Cc1ccc(S(=O)(=O)[O-])cc1. The molecule has 0 aliphatic carbocycles. The molecule has 2 aromatic rings. The van der Waals surface area contributed by atoms with Crippen molar-refractivity contribution in [3.63, 3.8) is 0 Å². The molecule has 0 radical (unpaired) electrons. The van der Waals surface area contributed by atoms with Gasteiger partial charge in [-0.15, -0.1) is 0 Å². The van der Waals surface area contributed by atoms with Gasteiger partial charge in [0, 0.05) is 7.11 Å². The van der Waals surface area contributed by atoms with Crippen LogP contribution in [0.25, 0.3) is 0 Å². The van der Waals surface area contributed by atoms with Crippen LogP contribution >= 0.6 is 0 Å². The Morgan fingerprint density at radius 3 is 1.97 bits per heavy atom. The zero-order valence-electron chi connectivity index (χ0n) is 17.7. The first-order chi connectivity index (χ1) is 14.1. The van der Waals surface area contributed by atoms with Crippen LogP contribution in [0.2, 0.25) is 0 Å². The molecule has 168 valence electrons. The molecule has 0 saturated heterocycles. The Kier molecular flexibility index (Phi) is 11.8. The van der Waals surface area contributed by atoms with Gasteiger partial charge in [0.25, 0.3) is 0 Å². The van der Waals surface area contributed by atoms with E-state index in [1.54, 1.807) is 19.2 Å². The average molecular weight is 459 g/mol. The fraction of sp³-hybridized carbons (Fsp3) is 0.429. The largest absolute Gasteiger partial charge is 0.744 e. The third-order valence-electron chi connectivity index (χ3n) is 3.70. The number of aliphatic hydroxyl groups is 1. The van der Waals surface area contributed by atoms with Crippen molar-refractivity contribution in [1.29, 1.82) is 0 Å². The summed E-state index contributed by atoms with van der Waals surface area (Å²) in [5.41, 5.74) is 0.928. The number of hydrogen-bond donors (Lipinski definition) is 1. The van der Waals surface area contributed by atoms with Gasteiger partial charge in [-0.05, 0) is 54.2 Å². The predicted octanol–water partition coefficient (Wildman–Crippen LogP) is 2.23. The van der Waals surface area contributed by atoms with Crippen molar-refractivity contribution in [3.8, 4) is 11.5 Å². The number of aryl methyl sites for hydroxylation is 1. The minimum atomic E-state index is -4.27. The summed E-state index contributed by atoms with van der Waals surface area (Å²) >= 11 is 0. The summed E-state index contributed by atoms with van der Waals surface area (Å²) in [5, 5.41) is 9.46. The van der Waals surface area contributed by atoms with E-state index in [4.69, 9.17) is 14.2 Å². The van der Waals surface area contributed by atoms with Gasteiger partial charge in [0.15, 0.2) is 0 Å². The molecule has 2 aromatic carbocycles. The highest BCUT2D eigenvalue weighted by Gasteiger charge is 2.05. The van der Waals surface area contributed by atoms with E-state index < -0.39 is 16.2 Å². The molecular weight excluding hydrogens is 428 g/mol. The molecule has 0 aliphatic rings. The summed E-state index contributed by atoms with van der Waals surface area (Å²) < 4.78 is 47.0. The average Bonchev–Trinajstić information content (AvgIpc) is 2.67. The van der Waals surface area contributed by atoms with Crippen LogP contribution < -0.4 is 9.47 Å². The minimum absolute atomic E-state index is 0.178. The molecule has 1 atom stereocenters. The molecule has 0 aromatic heterocycles. The van der Waals surface area contributed by atoms with Crippen LogP contribution in [0.15, 0.2) is 53.4 Å². The number of rotatable bonds is 10. The monoisotopic (exact) mass is 458 g/mol. The van der Waals surface area contributed by atoms with Gasteiger partial charge >= 0.3 is 0 Å². The third kappa shape index (κ3) is 11.4. The Morgan fingerprint density at radius 2 is 1.50 bits per heavy atom. The Hall–Kier alpha value is -1.78. The molecule has 0 heterocycles. The second-order valence-electron chi connectivity index (χ2n) is 6.70. The van der Waals surface area contributed by atoms with E-state index >= 15 is 0 Å². The number of methoxy groups -OCH3 is 1. The highest BCUT2D eigenvalue weighted by Crippen LogP contribution is 2.17. The molecule has 0 saturated carbocycles. The van der Waals surface area contributed by atoms with Crippen molar-refractivity contribution < 1.29 is 32.3 Å². The second kappa shape index (κ2) is 13.5. The molecule has 0 aliphatic heterocycles. The lowest BCUT2D eigenvalue weighted by atomic mass is 10.2. The molecule has 1 N–H and O–H groups in total. The molecule has 2 rings (SSSR count). The highest BCUT2D eigenvalue weighted by molar-refractivity contribution is 7.95. The Bertz CT molecular complexity index is 819. The van der Waals surface area contributed by atoms with Crippen LogP contribution in [-0.2, 0) is 25.7 Å². The van der Waals surface area contributed by atoms with Gasteiger partial charge in [-0.3, -0.25) is 0 Å². The normalized spacial score (nSPS) is 12.1. The topological polar surface area (TPSA) is 105 Å². The van der Waals surface area contributed by atoms with Crippen molar-refractivity contribution in [2.45, 2.75) is 17.9 Å². The van der Waals surface area contributed by atoms with Gasteiger partial charge in [0.05, 0.1) is 24.0 Å². The summed E-state index contributed by atoms with van der Waals surface area (Å²) in [6, 6.07) is 13.2. The number of aliphatic hydroxyl groups excluding tert-OH is 1. The third-order valence-corrected chi connectivity index (χ3v) is 5.53. The van der Waals surface area contributed by atoms with E-state index in [1.165, 1.54) is 12.1 Å². The molecular formula is C21H30O7S2. The van der Waals surface area contributed by atoms with Gasteiger partial charge < -0.3 is 23.9 Å². The molecule has 0 fully saturated rings. The molecule has 0 spiro atoms. The highest BCUT2D eigenvalue weighted by atomic mass is 32.2. The lowest BCUT2D eigenvalue weighted by molar-refractivity contribution is 0.0325. The predicted molar refractivity (Wildman–Crippen MR) is 119 cm³/mol. The Morgan fingerprint density at radius 1 is 0.967 bits per heavy atom. The quantitative estimate of drug-likeness (QED) is 0.430. The minimum Gasteiger partial charge on any atom is -0.744 e. The lowest BCUT2D eigenvalue weighted by Gasteiger charge is -2.11. The van der Waals surface area contributed by atoms with E-state index in [0.717, 1.165) is 23.7 Å². The van der Waals surface area contributed by atoms with Crippen molar-refractivity contribution >= 4 is 21.0 Å². The summed E-state index contributed by atoms with van der Waals surface area (Å²) in [7, 11) is -2.31. The Balaban J connectivity index is 0.000000346. The van der Waals surface area contributed by atoms with Gasteiger partial charge in [-0.25, -0.2) is 8.42 Å². The summed E-state index contributed by atoms with van der Waals surface area (Å²) in [5.74, 6) is 2.63. The van der Waals surface area contributed by atoms with Crippen LogP contribution in [0.4, 0.5) is 0 Å².